The Hall–Kier alpha value is -2.44. The Morgan fingerprint density at radius 2 is 1.92 bits per heavy atom. The van der Waals surface area contributed by atoms with Gasteiger partial charge >= 0.3 is 0 Å². The van der Waals surface area contributed by atoms with E-state index in [0.717, 1.165) is 5.69 Å². The van der Waals surface area contributed by atoms with Gasteiger partial charge in [-0.05, 0) is 24.3 Å². The van der Waals surface area contributed by atoms with Gasteiger partial charge in [0.05, 0.1) is 24.0 Å². The fraction of sp³-hybridized carbons (Fsp3) is 0.333. The van der Waals surface area contributed by atoms with Gasteiger partial charge in [0.1, 0.15) is 0 Å². The smallest absolute Gasteiger partial charge is 0.176 e. The number of hydrogen-bond acceptors (Lipinski definition) is 4. The van der Waals surface area contributed by atoms with Gasteiger partial charge in [-0.1, -0.05) is 0 Å². The summed E-state index contributed by atoms with van der Waals surface area (Å²) in [6.07, 6.45) is 9.24. The highest BCUT2D eigenvalue weighted by molar-refractivity contribution is 5.78. The van der Waals surface area contributed by atoms with Gasteiger partial charge in [-0.25, -0.2) is 0 Å². The molecule has 0 spiro atoms. The van der Waals surface area contributed by atoms with Crippen molar-refractivity contribution in [2.24, 2.45) is 19.1 Å². The number of rotatable bonds is 5. The summed E-state index contributed by atoms with van der Waals surface area (Å²) in [5.41, 5.74) is 2.25. The second-order valence-electron chi connectivity index (χ2n) is 5.30. The van der Waals surface area contributed by atoms with E-state index >= 15 is 0 Å². The van der Waals surface area contributed by atoms with Gasteiger partial charge in [0.25, 0.3) is 0 Å². The Morgan fingerprint density at radius 3 is 2.54 bits per heavy atom. The van der Waals surface area contributed by atoms with Crippen LogP contribution in [0.5, 0.6) is 0 Å². The molecule has 0 aromatic carbocycles. The topological polar surface area (TPSA) is 53.6 Å². The van der Waals surface area contributed by atoms with E-state index in [1.807, 2.05) is 67.9 Å². The van der Waals surface area contributed by atoms with Crippen LogP contribution in [0.3, 0.4) is 0 Å². The van der Waals surface area contributed by atoms with Crippen molar-refractivity contribution in [1.29, 1.82) is 0 Å². The Bertz CT molecular complexity index is 772. The van der Waals surface area contributed by atoms with Gasteiger partial charge < -0.3 is 18.6 Å². The quantitative estimate of drug-likeness (QED) is 0.534. The molecule has 0 unspecified atom stereocenters. The van der Waals surface area contributed by atoms with Crippen molar-refractivity contribution in [3.63, 3.8) is 0 Å². The monoisotopic (exact) mass is 328 g/mol. The molecule has 0 radical (unpaired) electrons. The van der Waals surface area contributed by atoms with E-state index in [-0.39, 0.29) is 6.29 Å². The summed E-state index contributed by atoms with van der Waals surface area (Å²) in [6, 6.07) is 8.07. The summed E-state index contributed by atoms with van der Waals surface area (Å²) < 4.78 is 14.1. The summed E-state index contributed by atoms with van der Waals surface area (Å²) in [7, 11) is 7.20. The molecule has 0 aliphatic heterocycles. The molecule has 24 heavy (non-hydrogen) atoms. The predicted molar refractivity (Wildman–Crippen MR) is 96.4 cm³/mol. The van der Waals surface area contributed by atoms with E-state index in [1.54, 1.807) is 14.2 Å². The molecule has 3 heterocycles. The number of aryl methyl sites for hydroxylation is 2. The van der Waals surface area contributed by atoms with Crippen LogP contribution < -0.4 is 0 Å². The van der Waals surface area contributed by atoms with Gasteiger partial charge in [-0.3, -0.25) is 9.98 Å². The van der Waals surface area contributed by atoms with E-state index in [1.165, 1.54) is 10.9 Å². The van der Waals surface area contributed by atoms with Crippen LogP contribution in [0.4, 0.5) is 0 Å². The maximum absolute atomic E-state index is 5.01. The Labute approximate surface area is 142 Å². The van der Waals surface area contributed by atoms with Crippen LogP contribution in [-0.4, -0.2) is 47.4 Å². The van der Waals surface area contributed by atoms with Crippen LogP contribution in [-0.2, 0) is 23.6 Å². The van der Waals surface area contributed by atoms with Crippen LogP contribution in [0.2, 0.25) is 0 Å². The minimum absolute atomic E-state index is 0.258. The molecule has 0 amide bonds. The number of pyridine rings is 1. The maximum atomic E-state index is 5.01. The summed E-state index contributed by atoms with van der Waals surface area (Å²) in [4.78, 5) is 8.25. The highest BCUT2D eigenvalue weighted by Crippen LogP contribution is 2.10. The molecule has 0 bridgehead atoms. The predicted octanol–water partition coefficient (Wildman–Crippen LogP) is 2.64. The van der Waals surface area contributed by atoms with Crippen molar-refractivity contribution >= 4 is 17.1 Å². The van der Waals surface area contributed by atoms with Gasteiger partial charge in [0.15, 0.2) is 6.29 Å². The SMILES string of the molecule is COC(CN=Cc1cccn1C)OC.Cn1ccc2ccncc21. The first-order valence-electron chi connectivity index (χ1n) is 7.67. The minimum Gasteiger partial charge on any atom is -0.354 e. The molecule has 6 nitrogen and oxygen atoms in total. The average Bonchev–Trinajstić information content (AvgIpc) is 3.19. The molecular weight excluding hydrogens is 304 g/mol. The highest BCUT2D eigenvalue weighted by atomic mass is 16.7. The fourth-order valence-corrected chi connectivity index (χ4v) is 2.19. The molecule has 3 aromatic rings. The average molecular weight is 328 g/mol. The van der Waals surface area contributed by atoms with Crippen LogP contribution in [0, 0.1) is 0 Å². The van der Waals surface area contributed by atoms with Gasteiger partial charge in [-0.2, -0.15) is 0 Å². The van der Waals surface area contributed by atoms with Crippen molar-refractivity contribution in [3.05, 3.63) is 54.7 Å². The van der Waals surface area contributed by atoms with Gasteiger partial charge in [0, 0.05) is 58.5 Å². The molecule has 0 saturated heterocycles. The largest absolute Gasteiger partial charge is 0.354 e. The van der Waals surface area contributed by atoms with Crippen LogP contribution >= 0.6 is 0 Å². The summed E-state index contributed by atoms with van der Waals surface area (Å²) in [6.45, 7) is 0.512. The van der Waals surface area contributed by atoms with Gasteiger partial charge in [-0.15, -0.1) is 0 Å². The van der Waals surface area contributed by atoms with Crippen molar-refractivity contribution in [2.75, 3.05) is 20.8 Å². The van der Waals surface area contributed by atoms with Gasteiger partial charge in [0.2, 0.25) is 0 Å². The third kappa shape index (κ3) is 4.78. The number of nitrogens with zero attached hydrogens (tertiary/aromatic N) is 4. The van der Waals surface area contributed by atoms with E-state index in [9.17, 15) is 0 Å². The van der Waals surface area contributed by atoms with Crippen molar-refractivity contribution in [1.82, 2.24) is 14.1 Å². The molecular formula is C18H24N4O2. The number of hydrogen-bond donors (Lipinski definition) is 0. The van der Waals surface area contributed by atoms with Crippen LogP contribution in [0.15, 0.2) is 54.0 Å². The zero-order valence-corrected chi connectivity index (χ0v) is 14.6. The second kappa shape index (κ2) is 9.00. The number of fused-ring (bicyclic) bond motifs is 1. The summed E-state index contributed by atoms with van der Waals surface area (Å²) >= 11 is 0. The second-order valence-corrected chi connectivity index (χ2v) is 5.30. The van der Waals surface area contributed by atoms with Crippen LogP contribution in [0.25, 0.3) is 10.9 Å². The molecule has 0 fully saturated rings. The first kappa shape index (κ1) is 17.9. The zero-order valence-electron chi connectivity index (χ0n) is 14.6. The van der Waals surface area contributed by atoms with E-state index in [0.29, 0.717) is 6.54 Å². The minimum atomic E-state index is -0.258. The lowest BCUT2D eigenvalue weighted by atomic mass is 10.3. The highest BCUT2D eigenvalue weighted by Gasteiger charge is 2.01. The lowest BCUT2D eigenvalue weighted by Crippen LogP contribution is -2.16. The Kier molecular flexibility index (Phi) is 6.72. The summed E-state index contributed by atoms with van der Waals surface area (Å²) in [5.74, 6) is 0. The normalized spacial score (nSPS) is 11.2. The molecule has 128 valence electrons. The molecule has 0 atom stereocenters. The molecule has 3 aromatic heterocycles. The van der Waals surface area contributed by atoms with E-state index in [2.05, 4.69) is 20.6 Å². The van der Waals surface area contributed by atoms with Crippen LogP contribution in [0.1, 0.15) is 5.69 Å². The lowest BCUT2D eigenvalue weighted by molar-refractivity contribution is -0.0936. The maximum Gasteiger partial charge on any atom is 0.176 e. The third-order valence-electron chi connectivity index (χ3n) is 3.68. The standard InChI is InChI=1S/C10H16N2O2.C8H8N2/c1-12-6-4-5-9(12)7-11-8-10(13-2)14-3;1-10-5-3-7-2-4-9-6-8(7)10/h4-7,10H,8H2,1-3H3;2-6H,1H3. The first-order chi connectivity index (χ1) is 11.7. The lowest BCUT2D eigenvalue weighted by Gasteiger charge is -2.09. The third-order valence-corrected chi connectivity index (χ3v) is 3.68. The number of methoxy groups -OCH3 is 2. The molecule has 3 rings (SSSR count). The van der Waals surface area contributed by atoms with Crippen molar-refractivity contribution in [3.8, 4) is 0 Å². The molecule has 6 heteroatoms. The zero-order chi connectivity index (χ0) is 17.4. The number of ether oxygens (including phenoxy) is 2. The first-order valence-corrected chi connectivity index (χ1v) is 7.67. The van der Waals surface area contributed by atoms with Crippen molar-refractivity contribution in [2.45, 2.75) is 6.29 Å². The number of aromatic nitrogens is 3. The fourth-order valence-electron chi connectivity index (χ4n) is 2.19. The molecule has 0 aliphatic carbocycles. The Morgan fingerprint density at radius 1 is 1.12 bits per heavy atom. The molecule has 0 aliphatic rings. The Balaban J connectivity index is 0.000000182. The van der Waals surface area contributed by atoms with Crippen molar-refractivity contribution < 1.29 is 9.47 Å². The van der Waals surface area contributed by atoms with E-state index < -0.39 is 0 Å². The molecule has 0 N–H and O–H groups in total. The number of aliphatic imine (C=N–C) groups is 1. The summed E-state index contributed by atoms with van der Waals surface area (Å²) in [5, 5.41) is 1.25. The molecule has 0 saturated carbocycles. The van der Waals surface area contributed by atoms with E-state index in [4.69, 9.17) is 9.47 Å².